The summed E-state index contributed by atoms with van der Waals surface area (Å²) in [5.74, 6) is 0.413. The SMILES string of the molecule is COc1cc(C#N)cc(I)c1O. The number of halogens is 1. The second-order valence-electron chi connectivity index (χ2n) is 2.12. The van der Waals surface area contributed by atoms with Gasteiger partial charge in [0.05, 0.1) is 22.3 Å². The van der Waals surface area contributed by atoms with Crippen molar-refractivity contribution in [3.05, 3.63) is 21.3 Å². The van der Waals surface area contributed by atoms with Crippen LogP contribution >= 0.6 is 22.6 Å². The maximum absolute atomic E-state index is 9.38. The van der Waals surface area contributed by atoms with E-state index in [1.54, 1.807) is 6.07 Å². The first-order valence-electron chi connectivity index (χ1n) is 3.15. The molecule has 0 aromatic heterocycles. The summed E-state index contributed by atoms with van der Waals surface area (Å²) in [7, 11) is 1.45. The van der Waals surface area contributed by atoms with Crippen molar-refractivity contribution in [1.82, 2.24) is 0 Å². The van der Waals surface area contributed by atoms with Gasteiger partial charge in [-0.05, 0) is 28.7 Å². The fourth-order valence-electron chi connectivity index (χ4n) is 0.794. The Morgan fingerprint density at radius 1 is 1.58 bits per heavy atom. The standard InChI is InChI=1S/C8H6INO2/c1-12-7-3-5(4-10)2-6(9)8(7)11/h2-3,11H,1H3. The second kappa shape index (κ2) is 3.63. The summed E-state index contributed by atoms with van der Waals surface area (Å²) in [5.41, 5.74) is 0.481. The number of methoxy groups -OCH3 is 1. The first kappa shape index (κ1) is 9.13. The fraction of sp³-hybridized carbons (Fsp3) is 0.125. The van der Waals surface area contributed by atoms with Crippen LogP contribution in [0.1, 0.15) is 5.56 Å². The Balaban J connectivity index is 3.31. The molecule has 4 heteroatoms. The Morgan fingerprint density at radius 2 is 2.25 bits per heavy atom. The summed E-state index contributed by atoms with van der Waals surface area (Å²) in [5, 5.41) is 18.0. The molecule has 0 atom stereocenters. The highest BCUT2D eigenvalue weighted by atomic mass is 127. The first-order chi connectivity index (χ1) is 5.69. The van der Waals surface area contributed by atoms with E-state index in [2.05, 4.69) is 0 Å². The van der Waals surface area contributed by atoms with Crippen molar-refractivity contribution >= 4 is 22.6 Å². The molecule has 3 nitrogen and oxygen atoms in total. The summed E-state index contributed by atoms with van der Waals surface area (Å²) in [6.07, 6.45) is 0. The van der Waals surface area contributed by atoms with Crippen molar-refractivity contribution in [3.8, 4) is 17.6 Å². The molecule has 0 saturated carbocycles. The van der Waals surface area contributed by atoms with Gasteiger partial charge in [-0.15, -0.1) is 0 Å². The molecule has 0 aliphatic carbocycles. The van der Waals surface area contributed by atoms with Gasteiger partial charge >= 0.3 is 0 Å². The van der Waals surface area contributed by atoms with Crippen molar-refractivity contribution in [1.29, 1.82) is 5.26 Å². The van der Waals surface area contributed by atoms with Crippen LogP contribution in [-0.4, -0.2) is 12.2 Å². The van der Waals surface area contributed by atoms with E-state index in [9.17, 15) is 5.11 Å². The Hall–Kier alpha value is -0.960. The normalized spacial score (nSPS) is 9.08. The van der Waals surface area contributed by atoms with E-state index >= 15 is 0 Å². The molecular formula is C8H6INO2. The molecule has 0 bridgehead atoms. The zero-order chi connectivity index (χ0) is 9.14. The summed E-state index contributed by atoms with van der Waals surface area (Å²) >= 11 is 1.94. The molecule has 0 amide bonds. The molecule has 12 heavy (non-hydrogen) atoms. The highest BCUT2D eigenvalue weighted by Gasteiger charge is 2.07. The lowest BCUT2D eigenvalue weighted by Crippen LogP contribution is -1.87. The van der Waals surface area contributed by atoms with E-state index in [0.29, 0.717) is 14.9 Å². The molecule has 0 unspecified atom stereocenters. The number of benzene rings is 1. The van der Waals surface area contributed by atoms with Crippen LogP contribution in [0.3, 0.4) is 0 Å². The molecule has 0 radical (unpaired) electrons. The average Bonchev–Trinajstić information content (AvgIpc) is 2.09. The smallest absolute Gasteiger partial charge is 0.171 e. The summed E-state index contributed by atoms with van der Waals surface area (Å²) in [6, 6.07) is 5.07. The predicted octanol–water partition coefficient (Wildman–Crippen LogP) is 1.88. The van der Waals surface area contributed by atoms with E-state index in [4.69, 9.17) is 10.00 Å². The number of ether oxygens (including phenoxy) is 1. The fourth-order valence-corrected chi connectivity index (χ4v) is 1.40. The molecule has 0 aliphatic heterocycles. The third kappa shape index (κ3) is 1.61. The Bertz CT molecular complexity index is 344. The Labute approximate surface area is 83.7 Å². The number of nitrogens with zero attached hydrogens (tertiary/aromatic N) is 1. The highest BCUT2D eigenvalue weighted by Crippen LogP contribution is 2.31. The molecule has 0 saturated heterocycles. The number of hydrogen-bond donors (Lipinski definition) is 1. The minimum absolute atomic E-state index is 0.0806. The lowest BCUT2D eigenvalue weighted by atomic mass is 10.2. The molecule has 1 N–H and O–H groups in total. The first-order valence-corrected chi connectivity index (χ1v) is 4.23. The molecular weight excluding hydrogens is 269 g/mol. The molecule has 1 aromatic carbocycles. The maximum Gasteiger partial charge on any atom is 0.171 e. The number of phenolic OH excluding ortho intramolecular Hbond substituents is 1. The van der Waals surface area contributed by atoms with Crippen LogP contribution in [0.25, 0.3) is 0 Å². The predicted molar refractivity (Wildman–Crippen MR) is 52.1 cm³/mol. The van der Waals surface area contributed by atoms with E-state index in [-0.39, 0.29) is 5.75 Å². The molecule has 0 heterocycles. The van der Waals surface area contributed by atoms with E-state index in [1.807, 2.05) is 28.7 Å². The average molecular weight is 275 g/mol. The van der Waals surface area contributed by atoms with Crippen molar-refractivity contribution in [2.75, 3.05) is 7.11 Å². The maximum atomic E-state index is 9.38. The van der Waals surface area contributed by atoms with Gasteiger partial charge in [0.15, 0.2) is 11.5 Å². The summed E-state index contributed by atoms with van der Waals surface area (Å²) < 4.78 is 5.48. The molecule has 0 aliphatic rings. The monoisotopic (exact) mass is 275 g/mol. The van der Waals surface area contributed by atoms with E-state index < -0.39 is 0 Å². The van der Waals surface area contributed by atoms with Gasteiger partial charge in [0.1, 0.15) is 0 Å². The number of hydrogen-bond acceptors (Lipinski definition) is 3. The minimum Gasteiger partial charge on any atom is -0.504 e. The minimum atomic E-state index is 0.0806. The molecule has 0 fully saturated rings. The number of rotatable bonds is 1. The van der Waals surface area contributed by atoms with Crippen molar-refractivity contribution < 1.29 is 9.84 Å². The van der Waals surface area contributed by atoms with Gasteiger partial charge in [0, 0.05) is 6.07 Å². The molecule has 1 aromatic rings. The van der Waals surface area contributed by atoms with Crippen LogP contribution in [-0.2, 0) is 0 Å². The molecule has 0 spiro atoms. The lowest BCUT2D eigenvalue weighted by Gasteiger charge is -2.04. The van der Waals surface area contributed by atoms with Gasteiger partial charge in [-0.1, -0.05) is 0 Å². The van der Waals surface area contributed by atoms with Crippen LogP contribution in [0.4, 0.5) is 0 Å². The largest absolute Gasteiger partial charge is 0.504 e. The molecule has 1 rings (SSSR count). The third-order valence-electron chi connectivity index (χ3n) is 1.38. The lowest BCUT2D eigenvalue weighted by molar-refractivity contribution is 0.371. The van der Waals surface area contributed by atoms with Crippen molar-refractivity contribution in [3.63, 3.8) is 0 Å². The van der Waals surface area contributed by atoms with Crippen LogP contribution in [0.15, 0.2) is 12.1 Å². The zero-order valence-electron chi connectivity index (χ0n) is 6.34. The van der Waals surface area contributed by atoms with Gasteiger partial charge in [0.25, 0.3) is 0 Å². The van der Waals surface area contributed by atoms with Crippen LogP contribution in [0, 0.1) is 14.9 Å². The van der Waals surface area contributed by atoms with Gasteiger partial charge in [0.2, 0.25) is 0 Å². The highest BCUT2D eigenvalue weighted by molar-refractivity contribution is 14.1. The van der Waals surface area contributed by atoms with Crippen LogP contribution in [0.2, 0.25) is 0 Å². The third-order valence-corrected chi connectivity index (χ3v) is 2.20. The second-order valence-corrected chi connectivity index (χ2v) is 3.28. The number of aromatic hydroxyl groups is 1. The van der Waals surface area contributed by atoms with Gasteiger partial charge in [-0.3, -0.25) is 0 Å². The number of nitriles is 1. The van der Waals surface area contributed by atoms with Gasteiger partial charge < -0.3 is 9.84 Å². The van der Waals surface area contributed by atoms with Gasteiger partial charge in [-0.2, -0.15) is 5.26 Å². The van der Waals surface area contributed by atoms with E-state index in [0.717, 1.165) is 0 Å². The van der Waals surface area contributed by atoms with Crippen molar-refractivity contribution in [2.45, 2.75) is 0 Å². The van der Waals surface area contributed by atoms with Crippen LogP contribution < -0.4 is 4.74 Å². The Kier molecular flexibility index (Phi) is 2.76. The van der Waals surface area contributed by atoms with Gasteiger partial charge in [-0.25, -0.2) is 0 Å². The zero-order valence-corrected chi connectivity index (χ0v) is 8.49. The number of phenols is 1. The summed E-state index contributed by atoms with van der Waals surface area (Å²) in [6.45, 7) is 0. The summed E-state index contributed by atoms with van der Waals surface area (Å²) in [4.78, 5) is 0. The van der Waals surface area contributed by atoms with Crippen molar-refractivity contribution in [2.24, 2.45) is 0 Å². The van der Waals surface area contributed by atoms with Crippen LogP contribution in [0.5, 0.6) is 11.5 Å². The molecule has 62 valence electrons. The van der Waals surface area contributed by atoms with E-state index in [1.165, 1.54) is 13.2 Å². The Morgan fingerprint density at radius 3 is 2.75 bits per heavy atom. The topological polar surface area (TPSA) is 53.2 Å². The quantitative estimate of drug-likeness (QED) is 0.796.